The molecule has 3 aromatic rings. The van der Waals surface area contributed by atoms with Gasteiger partial charge in [0, 0.05) is 12.1 Å². The van der Waals surface area contributed by atoms with Gasteiger partial charge in [-0.25, -0.2) is 8.42 Å². The van der Waals surface area contributed by atoms with Crippen LogP contribution in [0.4, 0.5) is 22.0 Å². The van der Waals surface area contributed by atoms with Crippen LogP contribution in [0.2, 0.25) is 0 Å². The van der Waals surface area contributed by atoms with Crippen molar-refractivity contribution in [3.63, 3.8) is 0 Å². The van der Waals surface area contributed by atoms with Crippen molar-refractivity contribution in [2.45, 2.75) is 46.1 Å². The molecule has 0 fully saturated rings. The molecule has 0 aliphatic rings. The van der Waals surface area contributed by atoms with Crippen molar-refractivity contribution in [1.82, 2.24) is 0 Å². The number of hydrogen-bond donors (Lipinski definition) is 0. The number of halogens is 5. The van der Waals surface area contributed by atoms with E-state index in [1.807, 2.05) is 60.7 Å². The second-order valence-electron chi connectivity index (χ2n) is 7.37. The van der Waals surface area contributed by atoms with Gasteiger partial charge in [-0.1, -0.05) is 36.4 Å². The van der Waals surface area contributed by atoms with Gasteiger partial charge in [0.05, 0.1) is 10.9 Å². The summed E-state index contributed by atoms with van der Waals surface area (Å²) in [6.45, 7) is 2.72. The van der Waals surface area contributed by atoms with Crippen LogP contribution in [-0.2, 0) is 21.0 Å². The standard InChI is InChI=1S/C23H19F5O4S2/c1-15-13-19(33(17-9-5-3-6-10-17)18-11-7-4-8-12-18)14-16(2)20(15)32-21(22(24,25)26)23(27,28)34(29,30)31/h3-14,21H,1-2H3. The van der Waals surface area contributed by atoms with Crippen LogP contribution in [0.5, 0.6) is 5.75 Å². The van der Waals surface area contributed by atoms with Gasteiger partial charge < -0.3 is 9.29 Å². The Hall–Kier alpha value is -2.63. The van der Waals surface area contributed by atoms with E-state index in [0.29, 0.717) is 4.90 Å². The van der Waals surface area contributed by atoms with Crippen LogP contribution < -0.4 is 4.74 Å². The lowest BCUT2D eigenvalue weighted by molar-refractivity contribution is -0.239. The maximum absolute atomic E-state index is 13.9. The molecule has 3 rings (SSSR count). The van der Waals surface area contributed by atoms with Gasteiger partial charge in [-0.05, 0) is 49.2 Å². The molecule has 11 heteroatoms. The third kappa shape index (κ3) is 5.37. The molecule has 182 valence electrons. The maximum atomic E-state index is 13.9. The van der Waals surface area contributed by atoms with Crippen LogP contribution in [0, 0.1) is 13.8 Å². The van der Waals surface area contributed by atoms with Crippen LogP contribution in [0.15, 0.2) is 87.5 Å². The van der Waals surface area contributed by atoms with Gasteiger partial charge in [0.2, 0.25) is 0 Å². The van der Waals surface area contributed by atoms with E-state index in [1.54, 1.807) is 0 Å². The first kappa shape index (κ1) is 26.0. The van der Waals surface area contributed by atoms with Gasteiger partial charge in [-0.2, -0.15) is 22.0 Å². The number of hydrogen-bond acceptors (Lipinski definition) is 4. The van der Waals surface area contributed by atoms with Crippen molar-refractivity contribution < 1.29 is 39.7 Å². The molecular formula is C23H19F5O4S2. The lowest BCUT2D eigenvalue weighted by Gasteiger charge is -2.31. The van der Waals surface area contributed by atoms with Crippen LogP contribution >= 0.6 is 0 Å². The van der Waals surface area contributed by atoms with Gasteiger partial charge in [0.25, 0.3) is 6.10 Å². The summed E-state index contributed by atoms with van der Waals surface area (Å²) < 4.78 is 105. The predicted octanol–water partition coefficient (Wildman–Crippen LogP) is 5.85. The van der Waals surface area contributed by atoms with Gasteiger partial charge >= 0.3 is 11.4 Å². The second kappa shape index (κ2) is 9.55. The molecule has 0 saturated heterocycles. The van der Waals surface area contributed by atoms with E-state index in [0.717, 1.165) is 9.79 Å². The van der Waals surface area contributed by atoms with E-state index in [9.17, 15) is 34.9 Å². The first-order valence-electron chi connectivity index (χ1n) is 9.75. The van der Waals surface area contributed by atoms with Gasteiger partial charge in [-0.3, -0.25) is 0 Å². The van der Waals surface area contributed by atoms with Crippen LogP contribution in [-0.4, -0.2) is 30.5 Å². The van der Waals surface area contributed by atoms with Crippen molar-refractivity contribution in [1.29, 1.82) is 0 Å². The molecule has 1 unspecified atom stereocenters. The molecule has 0 spiro atoms. The highest BCUT2D eigenvalue weighted by atomic mass is 32.2. The van der Waals surface area contributed by atoms with E-state index in [2.05, 4.69) is 4.74 Å². The zero-order valence-corrected chi connectivity index (χ0v) is 19.5. The second-order valence-corrected chi connectivity index (χ2v) is 10.9. The highest BCUT2D eigenvalue weighted by Crippen LogP contribution is 2.41. The monoisotopic (exact) mass is 518 g/mol. The SMILES string of the molecule is Cc1cc([S+](c2ccccc2)c2ccccc2)cc(C)c1OC(C(F)(F)F)C(F)(F)S(=O)(=O)[O-]. The fraction of sp³-hybridized carbons (Fsp3) is 0.217. The third-order valence-electron chi connectivity index (χ3n) is 4.80. The molecule has 0 aliphatic carbocycles. The highest BCUT2D eigenvalue weighted by molar-refractivity contribution is 7.97. The minimum Gasteiger partial charge on any atom is -0.743 e. The van der Waals surface area contributed by atoms with E-state index in [4.69, 9.17) is 0 Å². The number of ether oxygens (including phenoxy) is 1. The smallest absolute Gasteiger partial charge is 0.432 e. The summed E-state index contributed by atoms with van der Waals surface area (Å²) in [7, 11) is -7.33. The van der Waals surface area contributed by atoms with Crippen LogP contribution in [0.1, 0.15) is 11.1 Å². The maximum Gasteiger partial charge on any atom is 0.432 e. The first-order valence-corrected chi connectivity index (χ1v) is 12.4. The largest absolute Gasteiger partial charge is 0.743 e. The molecule has 0 N–H and O–H groups in total. The van der Waals surface area contributed by atoms with Crippen molar-refractivity contribution in [3.05, 3.63) is 83.9 Å². The lowest BCUT2D eigenvalue weighted by Crippen LogP contribution is -2.53. The average Bonchev–Trinajstić information content (AvgIpc) is 2.73. The minimum absolute atomic E-state index is 0.0766. The van der Waals surface area contributed by atoms with E-state index >= 15 is 0 Å². The van der Waals surface area contributed by atoms with Crippen molar-refractivity contribution in [2.24, 2.45) is 0 Å². The fourth-order valence-corrected chi connectivity index (χ4v) is 6.02. The zero-order valence-electron chi connectivity index (χ0n) is 17.8. The molecule has 3 aromatic carbocycles. The molecule has 0 radical (unpaired) electrons. The quantitative estimate of drug-likeness (QED) is 0.224. The molecule has 34 heavy (non-hydrogen) atoms. The summed E-state index contributed by atoms with van der Waals surface area (Å²) in [4.78, 5) is 2.52. The van der Waals surface area contributed by atoms with Gasteiger partial charge in [-0.15, -0.1) is 0 Å². The topological polar surface area (TPSA) is 66.4 Å². The Morgan fingerprint density at radius 1 is 0.794 bits per heavy atom. The molecule has 0 heterocycles. The van der Waals surface area contributed by atoms with Crippen molar-refractivity contribution in [3.8, 4) is 5.75 Å². The Morgan fingerprint density at radius 2 is 1.21 bits per heavy atom. The van der Waals surface area contributed by atoms with Crippen LogP contribution in [0.25, 0.3) is 0 Å². The summed E-state index contributed by atoms with van der Waals surface area (Å²) in [5.74, 6) is -0.570. The number of alkyl halides is 5. The summed E-state index contributed by atoms with van der Waals surface area (Å²) in [6.07, 6.45) is -9.98. The van der Waals surface area contributed by atoms with Gasteiger partial charge in [0.15, 0.2) is 24.8 Å². The Balaban J connectivity index is 2.11. The summed E-state index contributed by atoms with van der Waals surface area (Å²) in [6, 6.07) is 21.6. The normalized spacial score (nSPS) is 13.7. The molecule has 0 bridgehead atoms. The van der Waals surface area contributed by atoms with E-state index < -0.39 is 44.3 Å². The predicted molar refractivity (Wildman–Crippen MR) is 116 cm³/mol. The Bertz CT molecular complexity index is 1180. The molecule has 0 aromatic heterocycles. The average molecular weight is 519 g/mol. The lowest BCUT2D eigenvalue weighted by atomic mass is 10.1. The number of aryl methyl sites for hydroxylation is 2. The highest BCUT2D eigenvalue weighted by Gasteiger charge is 2.62. The summed E-state index contributed by atoms with van der Waals surface area (Å²) in [5.41, 5.74) is 0.153. The summed E-state index contributed by atoms with van der Waals surface area (Å²) >= 11 is 0. The number of benzene rings is 3. The van der Waals surface area contributed by atoms with E-state index in [1.165, 1.54) is 26.0 Å². The molecule has 0 saturated carbocycles. The molecule has 4 nitrogen and oxygen atoms in total. The zero-order chi connectivity index (χ0) is 25.3. The van der Waals surface area contributed by atoms with Crippen molar-refractivity contribution in [2.75, 3.05) is 0 Å². The van der Waals surface area contributed by atoms with E-state index in [-0.39, 0.29) is 11.1 Å². The summed E-state index contributed by atoms with van der Waals surface area (Å²) in [5, 5.41) is -5.72. The third-order valence-corrected chi connectivity index (χ3v) is 7.87. The Kier molecular flexibility index (Phi) is 7.30. The minimum atomic E-state index is -6.65. The molecule has 0 amide bonds. The Labute approximate surface area is 196 Å². The molecular weight excluding hydrogens is 499 g/mol. The van der Waals surface area contributed by atoms with Gasteiger partial charge in [0.1, 0.15) is 5.75 Å². The molecule has 1 atom stereocenters. The first-order chi connectivity index (χ1) is 15.7. The number of rotatable bonds is 7. The molecule has 0 aliphatic heterocycles. The fourth-order valence-electron chi connectivity index (χ4n) is 3.31. The van der Waals surface area contributed by atoms with Crippen LogP contribution in [0.3, 0.4) is 0 Å². The van der Waals surface area contributed by atoms with Crippen molar-refractivity contribution >= 4 is 21.0 Å². The Morgan fingerprint density at radius 3 is 1.56 bits per heavy atom.